The van der Waals surface area contributed by atoms with Crippen LogP contribution in [0.1, 0.15) is 56.0 Å². The summed E-state index contributed by atoms with van der Waals surface area (Å²) in [6.07, 6.45) is 7.73. The fourth-order valence-electron chi connectivity index (χ4n) is 1.57. The van der Waals surface area contributed by atoms with Gasteiger partial charge in [-0.1, -0.05) is 39.5 Å². The van der Waals surface area contributed by atoms with Gasteiger partial charge in [-0.25, -0.2) is 0 Å². The van der Waals surface area contributed by atoms with Gasteiger partial charge in [-0.2, -0.15) is 0 Å². The molecule has 1 aromatic rings. The van der Waals surface area contributed by atoms with Gasteiger partial charge in [0.15, 0.2) is 0 Å². The fraction of sp³-hybridized carbons (Fsp3) is 0.833. The van der Waals surface area contributed by atoms with Crippen LogP contribution in [0, 0.1) is 0 Å². The van der Waals surface area contributed by atoms with Crippen LogP contribution in [0.5, 0.6) is 0 Å². The lowest BCUT2D eigenvalue weighted by atomic mass is 10.1. The molecule has 0 amide bonds. The van der Waals surface area contributed by atoms with Gasteiger partial charge in [-0.15, -0.1) is 21.5 Å². The largest absolute Gasteiger partial charge is 0.311 e. The molecule has 0 fully saturated rings. The maximum absolute atomic E-state index is 4.22. The molecule has 3 nitrogen and oxygen atoms in total. The number of aromatic nitrogens is 2. The van der Waals surface area contributed by atoms with Gasteiger partial charge >= 0.3 is 0 Å². The average molecular weight is 241 g/mol. The van der Waals surface area contributed by atoms with Crippen molar-refractivity contribution >= 4 is 11.3 Å². The Kier molecular flexibility index (Phi) is 7.34. The van der Waals surface area contributed by atoms with Crippen molar-refractivity contribution in [3.8, 4) is 0 Å². The maximum Gasteiger partial charge on any atom is 0.131 e. The van der Waals surface area contributed by atoms with Crippen molar-refractivity contribution in [2.45, 2.75) is 58.9 Å². The van der Waals surface area contributed by atoms with Crippen LogP contribution in [-0.4, -0.2) is 16.7 Å². The Morgan fingerprint density at radius 2 is 1.75 bits per heavy atom. The molecule has 0 unspecified atom stereocenters. The van der Waals surface area contributed by atoms with Crippen LogP contribution >= 0.6 is 11.3 Å². The molecule has 4 heteroatoms. The quantitative estimate of drug-likeness (QED) is 0.675. The Labute approximate surface area is 103 Å². The minimum Gasteiger partial charge on any atom is -0.311 e. The third kappa shape index (κ3) is 5.56. The highest BCUT2D eigenvalue weighted by Gasteiger charge is 2.02. The molecule has 0 radical (unpaired) electrons. The lowest BCUT2D eigenvalue weighted by Crippen LogP contribution is -2.11. The zero-order chi connectivity index (χ0) is 11.6. The van der Waals surface area contributed by atoms with Gasteiger partial charge in [0.05, 0.1) is 0 Å². The molecule has 92 valence electrons. The molecule has 0 saturated heterocycles. The van der Waals surface area contributed by atoms with Gasteiger partial charge in [0.2, 0.25) is 0 Å². The van der Waals surface area contributed by atoms with Crippen molar-refractivity contribution in [2.24, 2.45) is 0 Å². The molecule has 1 N–H and O–H groups in total. The van der Waals surface area contributed by atoms with E-state index in [0.29, 0.717) is 0 Å². The normalized spacial score (nSPS) is 10.9. The molecule has 0 aromatic carbocycles. The standard InChI is InChI=1S/C12H23N3S/c1-3-5-6-7-8-9-11-14-15-12(16-11)10-13-4-2/h13H,3-10H2,1-2H3. The second-order valence-electron chi connectivity index (χ2n) is 4.03. The maximum atomic E-state index is 4.22. The van der Waals surface area contributed by atoms with Crippen LogP contribution in [0.15, 0.2) is 0 Å². The second-order valence-corrected chi connectivity index (χ2v) is 5.18. The summed E-state index contributed by atoms with van der Waals surface area (Å²) in [5, 5.41) is 14.0. The smallest absolute Gasteiger partial charge is 0.131 e. The van der Waals surface area contributed by atoms with E-state index in [1.165, 1.54) is 37.1 Å². The topological polar surface area (TPSA) is 37.8 Å². The van der Waals surface area contributed by atoms with Gasteiger partial charge in [0.25, 0.3) is 0 Å². The van der Waals surface area contributed by atoms with Crippen LogP contribution in [0.3, 0.4) is 0 Å². The molecular formula is C12H23N3S. The van der Waals surface area contributed by atoms with Gasteiger partial charge < -0.3 is 5.32 Å². The molecule has 0 bridgehead atoms. The zero-order valence-corrected chi connectivity index (χ0v) is 11.3. The molecule has 0 aliphatic heterocycles. The molecule has 0 atom stereocenters. The third-order valence-corrected chi connectivity index (χ3v) is 3.51. The summed E-state index contributed by atoms with van der Waals surface area (Å²) < 4.78 is 0. The first-order chi connectivity index (χ1) is 7.86. The van der Waals surface area contributed by atoms with Gasteiger partial charge in [0.1, 0.15) is 10.0 Å². The van der Waals surface area contributed by atoms with Crippen molar-refractivity contribution in [1.82, 2.24) is 15.5 Å². The molecule has 16 heavy (non-hydrogen) atoms. The average Bonchev–Trinajstić information content (AvgIpc) is 2.74. The molecule has 1 rings (SSSR count). The Morgan fingerprint density at radius 3 is 2.50 bits per heavy atom. The lowest BCUT2D eigenvalue weighted by molar-refractivity contribution is 0.629. The summed E-state index contributed by atoms with van der Waals surface area (Å²) in [6, 6.07) is 0. The van der Waals surface area contributed by atoms with Gasteiger partial charge in [-0.05, 0) is 13.0 Å². The molecule has 1 heterocycles. The van der Waals surface area contributed by atoms with E-state index in [0.717, 1.165) is 24.5 Å². The Balaban J connectivity index is 2.14. The summed E-state index contributed by atoms with van der Waals surface area (Å²) in [7, 11) is 0. The number of nitrogens with zero attached hydrogens (tertiary/aromatic N) is 2. The second kappa shape index (κ2) is 8.65. The fourth-order valence-corrected chi connectivity index (χ4v) is 2.43. The summed E-state index contributed by atoms with van der Waals surface area (Å²) in [5.41, 5.74) is 0. The van der Waals surface area contributed by atoms with E-state index >= 15 is 0 Å². The number of rotatable bonds is 9. The predicted molar refractivity (Wildman–Crippen MR) is 69.8 cm³/mol. The van der Waals surface area contributed by atoms with E-state index < -0.39 is 0 Å². The molecule has 1 aromatic heterocycles. The number of aryl methyl sites for hydroxylation is 1. The monoisotopic (exact) mass is 241 g/mol. The number of hydrogen-bond donors (Lipinski definition) is 1. The predicted octanol–water partition coefficient (Wildman–Crippen LogP) is 3.16. The summed E-state index contributed by atoms with van der Waals surface area (Å²) in [4.78, 5) is 0. The molecular weight excluding hydrogens is 218 g/mol. The minimum absolute atomic E-state index is 0.865. The first-order valence-electron chi connectivity index (χ1n) is 6.38. The van der Waals surface area contributed by atoms with Crippen LogP contribution < -0.4 is 5.32 Å². The summed E-state index contributed by atoms with van der Waals surface area (Å²) in [5.74, 6) is 0. The van der Waals surface area contributed by atoms with Crippen molar-refractivity contribution in [2.75, 3.05) is 6.54 Å². The molecule has 0 saturated carbocycles. The minimum atomic E-state index is 0.865. The Bertz CT molecular complexity index is 273. The summed E-state index contributed by atoms with van der Waals surface area (Å²) >= 11 is 1.75. The first-order valence-corrected chi connectivity index (χ1v) is 7.20. The number of hydrogen-bond acceptors (Lipinski definition) is 4. The van der Waals surface area contributed by atoms with E-state index in [9.17, 15) is 0 Å². The van der Waals surface area contributed by atoms with Crippen molar-refractivity contribution in [1.29, 1.82) is 0 Å². The number of nitrogens with one attached hydrogen (secondary N) is 1. The first kappa shape index (κ1) is 13.6. The van der Waals surface area contributed by atoms with Crippen molar-refractivity contribution in [3.05, 3.63) is 10.0 Å². The van der Waals surface area contributed by atoms with Gasteiger partial charge in [-0.3, -0.25) is 0 Å². The van der Waals surface area contributed by atoms with E-state index in [1.807, 2.05) is 0 Å². The van der Waals surface area contributed by atoms with E-state index in [4.69, 9.17) is 0 Å². The zero-order valence-electron chi connectivity index (χ0n) is 10.5. The van der Waals surface area contributed by atoms with E-state index in [1.54, 1.807) is 11.3 Å². The number of unbranched alkanes of at least 4 members (excludes halogenated alkanes) is 4. The third-order valence-electron chi connectivity index (χ3n) is 2.53. The highest BCUT2D eigenvalue weighted by atomic mass is 32.1. The Morgan fingerprint density at radius 1 is 1.00 bits per heavy atom. The molecule has 0 spiro atoms. The Hall–Kier alpha value is -0.480. The van der Waals surface area contributed by atoms with Gasteiger partial charge in [0, 0.05) is 13.0 Å². The van der Waals surface area contributed by atoms with Crippen molar-refractivity contribution in [3.63, 3.8) is 0 Å². The van der Waals surface area contributed by atoms with Crippen LogP contribution in [0.2, 0.25) is 0 Å². The van der Waals surface area contributed by atoms with Crippen LogP contribution in [-0.2, 0) is 13.0 Å². The summed E-state index contributed by atoms with van der Waals surface area (Å²) in [6.45, 7) is 6.21. The molecule has 0 aliphatic rings. The van der Waals surface area contributed by atoms with Crippen molar-refractivity contribution < 1.29 is 0 Å². The highest BCUT2D eigenvalue weighted by molar-refractivity contribution is 7.11. The highest BCUT2D eigenvalue weighted by Crippen LogP contribution is 2.13. The SMILES string of the molecule is CCCCCCCc1nnc(CNCC)s1. The lowest BCUT2D eigenvalue weighted by Gasteiger charge is -1.96. The van der Waals surface area contributed by atoms with Crippen LogP contribution in [0.4, 0.5) is 0 Å². The van der Waals surface area contributed by atoms with E-state index in [-0.39, 0.29) is 0 Å². The van der Waals surface area contributed by atoms with Crippen LogP contribution in [0.25, 0.3) is 0 Å². The van der Waals surface area contributed by atoms with E-state index in [2.05, 4.69) is 29.4 Å². The molecule has 0 aliphatic carbocycles.